The minimum Gasteiger partial charge on any atom is -0.433 e. The largest absolute Gasteiger partial charge is 0.433 e. The van der Waals surface area contributed by atoms with Gasteiger partial charge in [0.05, 0.1) is 5.02 Å². The lowest BCUT2D eigenvalue weighted by atomic mass is 10.3. The van der Waals surface area contributed by atoms with Crippen LogP contribution in [0.25, 0.3) is 0 Å². The van der Waals surface area contributed by atoms with E-state index in [2.05, 4.69) is 4.74 Å². The molecule has 0 unspecified atom stereocenters. The first kappa shape index (κ1) is 12.1. The minimum atomic E-state index is -2.91. The van der Waals surface area contributed by atoms with Gasteiger partial charge < -0.3 is 9.64 Å². The number of anilines is 1. The molecule has 17 heavy (non-hydrogen) atoms. The average Bonchev–Trinajstić information content (AvgIpc) is 2.67. The molecule has 0 atom stereocenters. The van der Waals surface area contributed by atoms with Crippen molar-refractivity contribution in [2.45, 2.75) is 19.5 Å². The predicted molar refractivity (Wildman–Crippen MR) is 59.7 cm³/mol. The number of alkyl halides is 2. The third-order valence-corrected chi connectivity index (χ3v) is 2.81. The monoisotopic (exact) mass is 261 g/mol. The smallest absolute Gasteiger partial charge is 0.387 e. The third-order valence-electron chi connectivity index (χ3n) is 2.52. The molecule has 1 aliphatic heterocycles. The Hall–Kier alpha value is -1.36. The molecule has 1 aliphatic rings. The van der Waals surface area contributed by atoms with Crippen LogP contribution in [0.3, 0.4) is 0 Å². The van der Waals surface area contributed by atoms with E-state index in [1.165, 1.54) is 12.1 Å². The Morgan fingerprint density at radius 2 is 2.18 bits per heavy atom. The molecular formula is C11H10ClF2NO2. The fourth-order valence-electron chi connectivity index (χ4n) is 1.77. The number of rotatable bonds is 3. The highest BCUT2D eigenvalue weighted by atomic mass is 35.5. The van der Waals surface area contributed by atoms with Gasteiger partial charge in [-0.15, -0.1) is 0 Å². The number of nitrogens with zero attached hydrogens (tertiary/aromatic N) is 1. The van der Waals surface area contributed by atoms with Gasteiger partial charge in [0, 0.05) is 18.7 Å². The van der Waals surface area contributed by atoms with Gasteiger partial charge in [-0.2, -0.15) is 8.78 Å². The molecule has 1 amide bonds. The zero-order valence-corrected chi connectivity index (χ0v) is 9.58. The molecule has 2 rings (SSSR count). The van der Waals surface area contributed by atoms with E-state index in [4.69, 9.17) is 11.6 Å². The molecule has 92 valence electrons. The van der Waals surface area contributed by atoms with Crippen molar-refractivity contribution in [1.82, 2.24) is 0 Å². The summed E-state index contributed by atoms with van der Waals surface area (Å²) < 4.78 is 28.3. The molecule has 0 saturated carbocycles. The zero-order chi connectivity index (χ0) is 12.4. The molecular weight excluding hydrogens is 252 g/mol. The Bertz CT molecular complexity index is 439. The van der Waals surface area contributed by atoms with Crippen LogP contribution in [-0.4, -0.2) is 19.1 Å². The van der Waals surface area contributed by atoms with Crippen molar-refractivity contribution < 1.29 is 18.3 Å². The zero-order valence-electron chi connectivity index (χ0n) is 8.83. The first-order valence-electron chi connectivity index (χ1n) is 5.12. The van der Waals surface area contributed by atoms with Crippen molar-refractivity contribution in [2.24, 2.45) is 0 Å². The lowest BCUT2D eigenvalue weighted by Crippen LogP contribution is -2.23. The second-order valence-electron chi connectivity index (χ2n) is 3.64. The molecule has 1 fully saturated rings. The number of halogens is 3. The van der Waals surface area contributed by atoms with Crippen LogP contribution in [0.2, 0.25) is 5.02 Å². The molecule has 1 aromatic rings. The van der Waals surface area contributed by atoms with Crippen LogP contribution in [0.15, 0.2) is 18.2 Å². The van der Waals surface area contributed by atoms with Crippen LogP contribution in [0, 0.1) is 0 Å². The average molecular weight is 262 g/mol. The summed E-state index contributed by atoms with van der Waals surface area (Å²) in [4.78, 5) is 13.1. The van der Waals surface area contributed by atoms with E-state index >= 15 is 0 Å². The fraction of sp³-hybridized carbons (Fsp3) is 0.364. The van der Waals surface area contributed by atoms with Crippen molar-refractivity contribution >= 4 is 23.2 Å². The van der Waals surface area contributed by atoms with Gasteiger partial charge in [-0.1, -0.05) is 11.6 Å². The van der Waals surface area contributed by atoms with Crippen LogP contribution in [0.1, 0.15) is 12.8 Å². The Morgan fingerprint density at radius 3 is 2.71 bits per heavy atom. The van der Waals surface area contributed by atoms with Crippen LogP contribution in [0.4, 0.5) is 14.5 Å². The molecule has 3 nitrogen and oxygen atoms in total. The second-order valence-corrected chi connectivity index (χ2v) is 4.05. The van der Waals surface area contributed by atoms with E-state index in [1.54, 1.807) is 11.0 Å². The number of benzene rings is 1. The Labute approximate surface area is 102 Å². The molecule has 0 aliphatic carbocycles. The number of hydrogen-bond donors (Lipinski definition) is 0. The summed E-state index contributed by atoms with van der Waals surface area (Å²) in [6, 6.07) is 4.35. The van der Waals surface area contributed by atoms with Gasteiger partial charge in [0.25, 0.3) is 0 Å². The van der Waals surface area contributed by atoms with E-state index in [1.807, 2.05) is 0 Å². The van der Waals surface area contributed by atoms with Crippen molar-refractivity contribution in [3.8, 4) is 5.75 Å². The highest BCUT2D eigenvalue weighted by Gasteiger charge is 2.22. The van der Waals surface area contributed by atoms with Gasteiger partial charge in [0.1, 0.15) is 5.75 Å². The van der Waals surface area contributed by atoms with E-state index in [9.17, 15) is 13.6 Å². The summed E-state index contributed by atoms with van der Waals surface area (Å²) in [5, 5.41) is 0.0718. The molecule has 6 heteroatoms. The number of carbonyl (C=O) groups is 1. The summed E-state index contributed by atoms with van der Waals surface area (Å²) in [5.74, 6) is -0.0688. The minimum absolute atomic E-state index is 0.0172. The van der Waals surface area contributed by atoms with Gasteiger partial charge in [0.15, 0.2) is 0 Å². The Morgan fingerprint density at radius 1 is 1.41 bits per heavy atom. The number of hydrogen-bond acceptors (Lipinski definition) is 2. The maximum absolute atomic E-state index is 12.0. The van der Waals surface area contributed by atoms with Crippen molar-refractivity contribution in [2.75, 3.05) is 11.4 Å². The molecule has 0 radical (unpaired) electrons. The van der Waals surface area contributed by atoms with Gasteiger partial charge in [-0.05, 0) is 24.6 Å². The van der Waals surface area contributed by atoms with Crippen molar-refractivity contribution in [1.29, 1.82) is 0 Å². The molecule has 0 N–H and O–H groups in total. The Balaban J connectivity index is 2.21. The van der Waals surface area contributed by atoms with Crippen LogP contribution in [0.5, 0.6) is 5.75 Å². The van der Waals surface area contributed by atoms with Gasteiger partial charge in [0.2, 0.25) is 5.91 Å². The van der Waals surface area contributed by atoms with E-state index in [0.29, 0.717) is 18.7 Å². The van der Waals surface area contributed by atoms with E-state index in [-0.39, 0.29) is 16.7 Å². The molecule has 1 saturated heterocycles. The molecule has 1 heterocycles. The van der Waals surface area contributed by atoms with E-state index < -0.39 is 6.61 Å². The Kier molecular flexibility index (Phi) is 3.47. The lowest BCUT2D eigenvalue weighted by Gasteiger charge is -2.16. The summed E-state index contributed by atoms with van der Waals surface area (Å²) in [6.07, 6.45) is 1.30. The fourth-order valence-corrected chi connectivity index (χ4v) is 1.99. The first-order chi connectivity index (χ1) is 8.08. The van der Waals surface area contributed by atoms with Crippen LogP contribution < -0.4 is 9.64 Å². The first-order valence-corrected chi connectivity index (χ1v) is 5.50. The topological polar surface area (TPSA) is 29.5 Å². The standard InChI is InChI=1S/C11H10ClF2NO2/c12-8-6-7(15-5-1-2-10(15)16)3-4-9(8)17-11(13)14/h3-4,6,11H,1-2,5H2. The molecule has 0 spiro atoms. The highest BCUT2D eigenvalue weighted by molar-refractivity contribution is 6.32. The lowest BCUT2D eigenvalue weighted by molar-refractivity contribution is -0.117. The summed E-state index contributed by atoms with van der Waals surface area (Å²) in [5.41, 5.74) is 0.610. The van der Waals surface area contributed by atoms with Crippen molar-refractivity contribution in [3.63, 3.8) is 0 Å². The second kappa shape index (κ2) is 4.87. The number of carbonyl (C=O) groups excluding carboxylic acids is 1. The predicted octanol–water partition coefficient (Wildman–Crippen LogP) is 3.07. The molecule has 0 bridgehead atoms. The maximum atomic E-state index is 12.0. The molecule has 1 aromatic carbocycles. The molecule has 0 aromatic heterocycles. The summed E-state index contributed by atoms with van der Waals surface area (Å²) in [7, 11) is 0. The van der Waals surface area contributed by atoms with Crippen LogP contribution in [-0.2, 0) is 4.79 Å². The number of ether oxygens (including phenoxy) is 1. The van der Waals surface area contributed by atoms with E-state index in [0.717, 1.165) is 6.42 Å². The van der Waals surface area contributed by atoms with Gasteiger partial charge >= 0.3 is 6.61 Å². The van der Waals surface area contributed by atoms with Gasteiger partial charge in [-0.25, -0.2) is 0 Å². The summed E-state index contributed by atoms with van der Waals surface area (Å²) >= 11 is 5.80. The highest BCUT2D eigenvalue weighted by Crippen LogP contribution is 2.32. The SMILES string of the molecule is O=C1CCCN1c1ccc(OC(F)F)c(Cl)c1. The maximum Gasteiger partial charge on any atom is 0.387 e. The van der Waals surface area contributed by atoms with Crippen molar-refractivity contribution in [3.05, 3.63) is 23.2 Å². The normalized spacial score (nSPS) is 15.8. The quantitative estimate of drug-likeness (QED) is 0.837. The van der Waals surface area contributed by atoms with Gasteiger partial charge in [-0.3, -0.25) is 4.79 Å². The third kappa shape index (κ3) is 2.66. The number of amides is 1. The van der Waals surface area contributed by atoms with Crippen LogP contribution >= 0.6 is 11.6 Å². The summed E-state index contributed by atoms with van der Waals surface area (Å²) in [6.45, 7) is -2.28.